The van der Waals surface area contributed by atoms with Crippen molar-refractivity contribution in [1.29, 1.82) is 0 Å². The number of ether oxygens (including phenoxy) is 1. The molecule has 0 atom stereocenters. The van der Waals surface area contributed by atoms with Gasteiger partial charge in [-0.05, 0) is 46.6 Å². The van der Waals surface area contributed by atoms with Gasteiger partial charge in [0, 0.05) is 26.2 Å². The van der Waals surface area contributed by atoms with Gasteiger partial charge in [-0.2, -0.15) is 0 Å². The average molecular weight is 256 g/mol. The predicted octanol–water partition coefficient (Wildman–Crippen LogP) is 2.51. The first-order chi connectivity index (χ1) is 8.20. The van der Waals surface area contributed by atoms with Crippen molar-refractivity contribution >= 4 is 0 Å². The highest BCUT2D eigenvalue weighted by molar-refractivity contribution is 4.89. The molecule has 1 N–H and O–H groups in total. The van der Waals surface area contributed by atoms with E-state index in [2.05, 4.69) is 51.8 Å². The van der Waals surface area contributed by atoms with Gasteiger partial charge in [-0.25, -0.2) is 0 Å². The lowest BCUT2D eigenvalue weighted by Crippen LogP contribution is -2.58. The molecule has 0 aliphatic carbocycles. The second-order valence-electron chi connectivity index (χ2n) is 7.26. The number of hydrogen-bond donors (Lipinski definition) is 1. The van der Waals surface area contributed by atoms with Gasteiger partial charge in [-0.15, -0.1) is 0 Å². The molecule has 1 rings (SSSR count). The van der Waals surface area contributed by atoms with E-state index in [1.807, 2.05) is 0 Å². The highest BCUT2D eigenvalue weighted by atomic mass is 16.5. The molecule has 0 bridgehead atoms. The highest BCUT2D eigenvalue weighted by Crippen LogP contribution is 2.27. The SMILES string of the molecule is CC(C)CCNCCN1CC(C)(C)OC(C)(C)C1. The van der Waals surface area contributed by atoms with E-state index in [9.17, 15) is 0 Å². The fourth-order valence-electron chi connectivity index (χ4n) is 2.86. The standard InChI is InChI=1S/C15H32N2O/c1-13(2)7-8-16-9-10-17-11-14(3,4)18-15(5,6)12-17/h13,16H,7-12H2,1-6H3. The summed E-state index contributed by atoms with van der Waals surface area (Å²) in [5.41, 5.74) is -0.0562. The Balaban J connectivity index is 2.25. The van der Waals surface area contributed by atoms with Crippen molar-refractivity contribution in [3.63, 3.8) is 0 Å². The Kier molecular flexibility index (Phi) is 5.63. The van der Waals surface area contributed by atoms with E-state index in [4.69, 9.17) is 4.74 Å². The highest BCUT2D eigenvalue weighted by Gasteiger charge is 2.37. The molecule has 18 heavy (non-hydrogen) atoms. The van der Waals surface area contributed by atoms with Gasteiger partial charge in [0.2, 0.25) is 0 Å². The number of rotatable bonds is 6. The second-order valence-corrected chi connectivity index (χ2v) is 7.26. The van der Waals surface area contributed by atoms with Gasteiger partial charge in [-0.1, -0.05) is 13.8 Å². The minimum Gasteiger partial charge on any atom is -0.367 e. The van der Waals surface area contributed by atoms with Gasteiger partial charge in [0.15, 0.2) is 0 Å². The van der Waals surface area contributed by atoms with E-state index >= 15 is 0 Å². The van der Waals surface area contributed by atoms with Crippen LogP contribution in [0.25, 0.3) is 0 Å². The summed E-state index contributed by atoms with van der Waals surface area (Å²) in [7, 11) is 0. The van der Waals surface area contributed by atoms with Crippen molar-refractivity contribution in [2.75, 3.05) is 32.7 Å². The van der Waals surface area contributed by atoms with E-state index in [-0.39, 0.29) is 11.2 Å². The molecule has 0 radical (unpaired) electrons. The monoisotopic (exact) mass is 256 g/mol. The molecule has 0 saturated carbocycles. The normalized spacial score (nSPS) is 23.5. The predicted molar refractivity (Wildman–Crippen MR) is 78.0 cm³/mol. The molecule has 1 heterocycles. The molecule has 1 aliphatic rings. The maximum atomic E-state index is 6.09. The number of hydrogen-bond acceptors (Lipinski definition) is 3. The first kappa shape index (κ1) is 15.9. The number of morpholine rings is 1. The zero-order chi connectivity index (χ0) is 13.8. The molecule has 0 aromatic rings. The van der Waals surface area contributed by atoms with Crippen LogP contribution in [0.3, 0.4) is 0 Å². The van der Waals surface area contributed by atoms with Crippen LogP contribution < -0.4 is 5.32 Å². The smallest absolute Gasteiger partial charge is 0.0760 e. The van der Waals surface area contributed by atoms with E-state index in [1.165, 1.54) is 6.42 Å². The van der Waals surface area contributed by atoms with Gasteiger partial charge >= 0.3 is 0 Å². The van der Waals surface area contributed by atoms with Gasteiger partial charge in [0.05, 0.1) is 11.2 Å². The Morgan fingerprint density at radius 1 is 1.06 bits per heavy atom. The Hall–Kier alpha value is -0.120. The van der Waals surface area contributed by atoms with Gasteiger partial charge in [0.1, 0.15) is 0 Å². The molecule has 0 aromatic carbocycles. The number of nitrogens with zero attached hydrogens (tertiary/aromatic N) is 1. The van der Waals surface area contributed by atoms with Crippen LogP contribution in [0.5, 0.6) is 0 Å². The Morgan fingerprint density at radius 3 is 2.11 bits per heavy atom. The van der Waals surface area contributed by atoms with Crippen molar-refractivity contribution in [3.8, 4) is 0 Å². The lowest BCUT2D eigenvalue weighted by molar-refractivity contribution is -0.180. The maximum Gasteiger partial charge on any atom is 0.0760 e. The summed E-state index contributed by atoms with van der Waals surface area (Å²) in [4.78, 5) is 2.52. The van der Waals surface area contributed by atoms with Crippen LogP contribution >= 0.6 is 0 Å². The van der Waals surface area contributed by atoms with Crippen molar-refractivity contribution < 1.29 is 4.74 Å². The van der Waals surface area contributed by atoms with Crippen LogP contribution in [-0.2, 0) is 4.74 Å². The first-order valence-electron chi connectivity index (χ1n) is 7.33. The average Bonchev–Trinajstić information content (AvgIpc) is 2.11. The minimum atomic E-state index is -0.0281. The summed E-state index contributed by atoms with van der Waals surface area (Å²) in [6, 6.07) is 0. The van der Waals surface area contributed by atoms with Crippen LogP contribution in [0.2, 0.25) is 0 Å². The fraction of sp³-hybridized carbons (Fsp3) is 1.00. The molecule has 108 valence electrons. The third-order valence-electron chi connectivity index (χ3n) is 3.26. The third kappa shape index (κ3) is 6.17. The Bertz CT molecular complexity index is 233. The third-order valence-corrected chi connectivity index (χ3v) is 3.26. The fourth-order valence-corrected chi connectivity index (χ4v) is 2.86. The van der Waals surface area contributed by atoms with E-state index < -0.39 is 0 Å². The molecule has 0 amide bonds. The summed E-state index contributed by atoms with van der Waals surface area (Å²) in [5, 5.41) is 3.54. The van der Waals surface area contributed by atoms with E-state index in [1.54, 1.807) is 0 Å². The zero-order valence-corrected chi connectivity index (χ0v) is 13.2. The zero-order valence-electron chi connectivity index (χ0n) is 13.2. The summed E-state index contributed by atoms with van der Waals surface area (Å²) >= 11 is 0. The van der Waals surface area contributed by atoms with Gasteiger partial charge < -0.3 is 10.1 Å². The lowest BCUT2D eigenvalue weighted by atomic mass is 9.99. The van der Waals surface area contributed by atoms with Crippen LogP contribution in [0.4, 0.5) is 0 Å². The van der Waals surface area contributed by atoms with Crippen LogP contribution in [0.15, 0.2) is 0 Å². The minimum absolute atomic E-state index is 0.0281. The molecule has 0 unspecified atom stereocenters. The van der Waals surface area contributed by atoms with Crippen molar-refractivity contribution in [2.24, 2.45) is 5.92 Å². The topological polar surface area (TPSA) is 24.5 Å². The molecule has 0 aromatic heterocycles. The molecule has 1 saturated heterocycles. The summed E-state index contributed by atoms with van der Waals surface area (Å²) in [5.74, 6) is 0.791. The quantitative estimate of drug-likeness (QED) is 0.739. The molecule has 0 spiro atoms. The first-order valence-corrected chi connectivity index (χ1v) is 7.33. The van der Waals surface area contributed by atoms with E-state index in [0.717, 1.165) is 38.6 Å². The van der Waals surface area contributed by atoms with Crippen LogP contribution in [-0.4, -0.2) is 48.8 Å². The molecule has 3 heteroatoms. The maximum absolute atomic E-state index is 6.09. The van der Waals surface area contributed by atoms with Gasteiger partial charge in [0.25, 0.3) is 0 Å². The van der Waals surface area contributed by atoms with Crippen molar-refractivity contribution in [3.05, 3.63) is 0 Å². The molecular formula is C15H32N2O. The van der Waals surface area contributed by atoms with Crippen molar-refractivity contribution in [1.82, 2.24) is 10.2 Å². The van der Waals surface area contributed by atoms with Crippen LogP contribution in [0.1, 0.15) is 48.0 Å². The van der Waals surface area contributed by atoms with Crippen molar-refractivity contribution in [2.45, 2.75) is 59.2 Å². The Morgan fingerprint density at radius 2 is 1.61 bits per heavy atom. The molecule has 1 fully saturated rings. The van der Waals surface area contributed by atoms with Crippen LogP contribution in [0, 0.1) is 5.92 Å². The summed E-state index contributed by atoms with van der Waals surface area (Å²) in [6.07, 6.45) is 1.26. The number of nitrogens with one attached hydrogen (secondary N) is 1. The lowest BCUT2D eigenvalue weighted by Gasteiger charge is -2.47. The second kappa shape index (κ2) is 6.36. The summed E-state index contributed by atoms with van der Waals surface area (Å²) < 4.78 is 6.09. The molecule has 1 aliphatic heterocycles. The summed E-state index contributed by atoms with van der Waals surface area (Å²) in [6.45, 7) is 18.7. The van der Waals surface area contributed by atoms with Gasteiger partial charge in [-0.3, -0.25) is 4.90 Å². The largest absolute Gasteiger partial charge is 0.367 e. The molecule has 3 nitrogen and oxygen atoms in total. The van der Waals surface area contributed by atoms with E-state index in [0.29, 0.717) is 0 Å². The molecular weight excluding hydrogens is 224 g/mol. The Labute approximate surface area is 113 Å².